The number of fused-ring (bicyclic) bond motifs is 1. The zero-order valence-corrected chi connectivity index (χ0v) is 8.01. The van der Waals surface area contributed by atoms with Gasteiger partial charge in [0.05, 0.1) is 0 Å². The standard InChI is InChI=1S/C11H11F3O/c12-11(13,14)10(15)9-6-2-4-7-3-1-5-8(7)9/h2,4,6,10,15H,1,3,5H2/t10-/m0/s1. The molecule has 1 nitrogen and oxygen atoms in total. The fraction of sp³-hybridized carbons (Fsp3) is 0.455. The molecule has 0 bridgehead atoms. The topological polar surface area (TPSA) is 20.2 Å². The fourth-order valence-electron chi connectivity index (χ4n) is 2.08. The van der Waals surface area contributed by atoms with Gasteiger partial charge in [-0.3, -0.25) is 0 Å². The predicted octanol–water partition coefficient (Wildman–Crippen LogP) is 2.77. The van der Waals surface area contributed by atoms with Gasteiger partial charge in [0.15, 0.2) is 6.10 Å². The van der Waals surface area contributed by atoms with E-state index in [2.05, 4.69) is 0 Å². The summed E-state index contributed by atoms with van der Waals surface area (Å²) in [5.74, 6) is 0. The first kappa shape index (κ1) is 10.5. The Balaban J connectivity index is 2.41. The van der Waals surface area contributed by atoms with Crippen LogP contribution >= 0.6 is 0 Å². The molecule has 1 aliphatic rings. The zero-order chi connectivity index (χ0) is 11.1. The van der Waals surface area contributed by atoms with E-state index >= 15 is 0 Å². The van der Waals surface area contributed by atoms with Gasteiger partial charge in [-0.1, -0.05) is 18.2 Å². The highest BCUT2D eigenvalue weighted by molar-refractivity contribution is 5.40. The molecule has 0 saturated heterocycles. The summed E-state index contributed by atoms with van der Waals surface area (Å²) in [5.41, 5.74) is 1.65. The van der Waals surface area contributed by atoms with Gasteiger partial charge in [-0.15, -0.1) is 0 Å². The molecule has 0 aliphatic heterocycles. The quantitative estimate of drug-likeness (QED) is 0.765. The second-order valence-electron chi connectivity index (χ2n) is 3.78. The first-order chi connectivity index (χ1) is 7.00. The van der Waals surface area contributed by atoms with E-state index < -0.39 is 12.3 Å². The number of aryl methyl sites for hydroxylation is 1. The Morgan fingerprint density at radius 3 is 2.60 bits per heavy atom. The maximum atomic E-state index is 12.4. The van der Waals surface area contributed by atoms with Crippen LogP contribution in [0.25, 0.3) is 0 Å². The van der Waals surface area contributed by atoms with Crippen molar-refractivity contribution in [1.82, 2.24) is 0 Å². The molecule has 2 rings (SSSR count). The number of benzene rings is 1. The lowest BCUT2D eigenvalue weighted by Gasteiger charge is -2.17. The Morgan fingerprint density at radius 1 is 1.20 bits per heavy atom. The summed E-state index contributed by atoms with van der Waals surface area (Å²) >= 11 is 0. The van der Waals surface area contributed by atoms with E-state index in [9.17, 15) is 18.3 Å². The summed E-state index contributed by atoms with van der Waals surface area (Å²) in [4.78, 5) is 0. The molecule has 0 fully saturated rings. The molecule has 1 atom stereocenters. The zero-order valence-electron chi connectivity index (χ0n) is 8.01. The van der Waals surface area contributed by atoms with Crippen molar-refractivity contribution in [3.8, 4) is 0 Å². The van der Waals surface area contributed by atoms with E-state index in [1.54, 1.807) is 6.07 Å². The number of halogens is 3. The van der Waals surface area contributed by atoms with Crippen molar-refractivity contribution >= 4 is 0 Å². The number of rotatable bonds is 1. The Kier molecular flexibility index (Phi) is 2.46. The molecule has 0 saturated carbocycles. The van der Waals surface area contributed by atoms with E-state index in [0.29, 0.717) is 12.0 Å². The lowest BCUT2D eigenvalue weighted by atomic mass is 9.99. The van der Waals surface area contributed by atoms with Gasteiger partial charge < -0.3 is 5.11 Å². The summed E-state index contributed by atoms with van der Waals surface area (Å²) in [6.07, 6.45) is -4.59. The van der Waals surface area contributed by atoms with Crippen molar-refractivity contribution in [2.24, 2.45) is 0 Å². The van der Waals surface area contributed by atoms with Gasteiger partial charge in [0, 0.05) is 0 Å². The van der Waals surface area contributed by atoms with Gasteiger partial charge >= 0.3 is 6.18 Å². The van der Waals surface area contributed by atoms with E-state index in [0.717, 1.165) is 18.4 Å². The molecule has 1 aromatic carbocycles. The summed E-state index contributed by atoms with van der Waals surface area (Å²) < 4.78 is 37.1. The van der Waals surface area contributed by atoms with Gasteiger partial charge in [-0.25, -0.2) is 0 Å². The van der Waals surface area contributed by atoms with Crippen LogP contribution in [0.5, 0.6) is 0 Å². The van der Waals surface area contributed by atoms with E-state index in [-0.39, 0.29) is 5.56 Å². The predicted molar refractivity (Wildman–Crippen MR) is 49.5 cm³/mol. The van der Waals surface area contributed by atoms with Crippen molar-refractivity contribution in [2.45, 2.75) is 31.5 Å². The SMILES string of the molecule is O[C@@H](c1cccc2c1CCC2)C(F)(F)F. The molecule has 0 spiro atoms. The molecule has 0 amide bonds. The molecule has 0 radical (unpaired) electrons. The Labute approximate surface area is 85.5 Å². The number of hydrogen-bond acceptors (Lipinski definition) is 1. The Morgan fingerprint density at radius 2 is 1.93 bits per heavy atom. The molecule has 1 aliphatic carbocycles. The maximum Gasteiger partial charge on any atom is 0.418 e. The summed E-state index contributed by atoms with van der Waals surface area (Å²) in [6.45, 7) is 0. The molecule has 0 aromatic heterocycles. The van der Waals surface area contributed by atoms with E-state index in [1.807, 2.05) is 6.07 Å². The van der Waals surface area contributed by atoms with Crippen LogP contribution in [0.3, 0.4) is 0 Å². The minimum atomic E-state index is -4.57. The maximum absolute atomic E-state index is 12.4. The van der Waals surface area contributed by atoms with E-state index in [1.165, 1.54) is 6.07 Å². The van der Waals surface area contributed by atoms with Crippen molar-refractivity contribution in [2.75, 3.05) is 0 Å². The largest absolute Gasteiger partial charge is 0.418 e. The summed E-state index contributed by atoms with van der Waals surface area (Å²) in [7, 11) is 0. The lowest BCUT2D eigenvalue weighted by molar-refractivity contribution is -0.207. The molecule has 1 aromatic rings. The number of aliphatic hydroxyl groups is 1. The number of aliphatic hydroxyl groups excluding tert-OH is 1. The van der Waals surface area contributed by atoms with Crippen LogP contribution < -0.4 is 0 Å². The van der Waals surface area contributed by atoms with Crippen molar-refractivity contribution in [3.63, 3.8) is 0 Å². The molecule has 4 heteroatoms. The third kappa shape index (κ3) is 1.86. The Hall–Kier alpha value is -1.03. The molecule has 0 heterocycles. The van der Waals surface area contributed by atoms with Crippen molar-refractivity contribution < 1.29 is 18.3 Å². The minimum Gasteiger partial charge on any atom is -0.379 e. The third-order valence-electron chi connectivity index (χ3n) is 2.79. The molecular weight excluding hydrogens is 205 g/mol. The summed E-state index contributed by atoms with van der Waals surface area (Å²) in [5, 5.41) is 9.20. The first-order valence-corrected chi connectivity index (χ1v) is 4.85. The van der Waals surface area contributed by atoms with Crippen LogP contribution in [0.4, 0.5) is 13.2 Å². The van der Waals surface area contributed by atoms with Crippen molar-refractivity contribution in [3.05, 3.63) is 34.9 Å². The molecule has 0 unspecified atom stereocenters. The van der Waals surface area contributed by atoms with Crippen LogP contribution in [-0.4, -0.2) is 11.3 Å². The van der Waals surface area contributed by atoms with Crippen LogP contribution in [-0.2, 0) is 12.8 Å². The monoisotopic (exact) mass is 216 g/mol. The second kappa shape index (κ2) is 3.52. The third-order valence-corrected chi connectivity index (χ3v) is 2.79. The highest BCUT2D eigenvalue weighted by atomic mass is 19.4. The fourth-order valence-corrected chi connectivity index (χ4v) is 2.08. The average Bonchev–Trinajstić information content (AvgIpc) is 2.62. The van der Waals surface area contributed by atoms with Crippen LogP contribution in [0.1, 0.15) is 29.2 Å². The van der Waals surface area contributed by atoms with E-state index in [4.69, 9.17) is 0 Å². The lowest BCUT2D eigenvalue weighted by Crippen LogP contribution is -2.21. The molecule has 1 N–H and O–H groups in total. The minimum absolute atomic E-state index is 0.0255. The normalized spacial score (nSPS) is 17.6. The number of hydrogen-bond donors (Lipinski definition) is 1. The summed E-state index contributed by atoms with van der Waals surface area (Å²) in [6, 6.07) is 4.77. The molecule has 15 heavy (non-hydrogen) atoms. The van der Waals surface area contributed by atoms with Crippen LogP contribution in [0.2, 0.25) is 0 Å². The second-order valence-corrected chi connectivity index (χ2v) is 3.78. The highest BCUT2D eigenvalue weighted by Crippen LogP contribution is 2.37. The average molecular weight is 216 g/mol. The van der Waals surface area contributed by atoms with Gasteiger partial charge in [0.2, 0.25) is 0 Å². The van der Waals surface area contributed by atoms with Gasteiger partial charge in [-0.05, 0) is 36.0 Å². The Bertz CT molecular complexity index is 371. The molecular formula is C11H11F3O. The van der Waals surface area contributed by atoms with Gasteiger partial charge in [-0.2, -0.15) is 13.2 Å². The molecule has 82 valence electrons. The van der Waals surface area contributed by atoms with Crippen LogP contribution in [0, 0.1) is 0 Å². The van der Waals surface area contributed by atoms with Crippen molar-refractivity contribution in [1.29, 1.82) is 0 Å². The smallest absolute Gasteiger partial charge is 0.379 e. The van der Waals surface area contributed by atoms with Gasteiger partial charge in [0.25, 0.3) is 0 Å². The first-order valence-electron chi connectivity index (χ1n) is 4.85. The van der Waals surface area contributed by atoms with Crippen LogP contribution in [0.15, 0.2) is 18.2 Å². The highest BCUT2D eigenvalue weighted by Gasteiger charge is 2.40. The van der Waals surface area contributed by atoms with Gasteiger partial charge in [0.1, 0.15) is 0 Å². The number of alkyl halides is 3.